The van der Waals surface area contributed by atoms with Crippen LogP contribution in [0.3, 0.4) is 0 Å². The first-order chi connectivity index (χ1) is 5.18. The van der Waals surface area contributed by atoms with E-state index < -0.39 is 6.03 Å². The summed E-state index contributed by atoms with van der Waals surface area (Å²) < 4.78 is 0. The maximum absolute atomic E-state index is 10.5. The molecule has 0 bridgehead atoms. The van der Waals surface area contributed by atoms with Crippen molar-refractivity contribution in [1.29, 1.82) is 0 Å². The van der Waals surface area contributed by atoms with Crippen LogP contribution in [0, 0.1) is 0 Å². The first kappa shape index (κ1) is 9.94. The molecule has 1 heterocycles. The Labute approximate surface area is 66.4 Å². The fourth-order valence-electron chi connectivity index (χ4n) is 0.767. The van der Waals surface area contributed by atoms with Crippen molar-refractivity contribution in [2.75, 3.05) is 0 Å². The van der Waals surface area contributed by atoms with E-state index in [4.69, 9.17) is 0 Å². The third-order valence-electron chi connectivity index (χ3n) is 1.12. The molecule has 0 aromatic rings. The molecule has 1 saturated heterocycles. The highest BCUT2D eigenvalue weighted by atomic mass is 16.2. The van der Waals surface area contributed by atoms with Crippen LogP contribution in [0.4, 0.5) is 4.79 Å². The molecule has 0 spiro atoms. The van der Waals surface area contributed by atoms with E-state index in [-0.39, 0.29) is 11.9 Å². The predicted molar refractivity (Wildman–Crippen MR) is 42.1 cm³/mol. The van der Waals surface area contributed by atoms with Crippen molar-refractivity contribution in [2.45, 2.75) is 33.2 Å². The highest BCUT2D eigenvalue weighted by molar-refractivity contribution is 5.97. The fourth-order valence-corrected chi connectivity index (χ4v) is 0.767. The van der Waals surface area contributed by atoms with Crippen LogP contribution >= 0.6 is 0 Å². The molecule has 1 atom stereocenters. The average Bonchev–Trinajstić information content (AvgIpc) is 1.88. The van der Waals surface area contributed by atoms with Crippen LogP contribution < -0.4 is 10.6 Å². The Kier molecular flexibility index (Phi) is 4.26. The number of imide groups is 1. The minimum absolute atomic E-state index is 0.0220. The standard InChI is InChI=1S/C5H8N2O2.C2H6/c1-3-2-4(8)7-5(9)6-3;1-2/h3H,2H2,1H3,(H2,6,7,8,9);1-2H3. The van der Waals surface area contributed by atoms with Gasteiger partial charge in [-0.25, -0.2) is 4.79 Å². The van der Waals surface area contributed by atoms with Gasteiger partial charge in [0, 0.05) is 12.5 Å². The summed E-state index contributed by atoms with van der Waals surface area (Å²) >= 11 is 0. The number of carbonyl (C=O) groups is 2. The number of hydrogen-bond donors (Lipinski definition) is 2. The van der Waals surface area contributed by atoms with E-state index in [1.54, 1.807) is 6.92 Å². The van der Waals surface area contributed by atoms with Crippen molar-refractivity contribution < 1.29 is 9.59 Å². The topological polar surface area (TPSA) is 58.2 Å². The maximum Gasteiger partial charge on any atom is 0.321 e. The smallest absolute Gasteiger partial charge is 0.321 e. The lowest BCUT2D eigenvalue weighted by Crippen LogP contribution is -2.50. The summed E-state index contributed by atoms with van der Waals surface area (Å²) in [7, 11) is 0. The minimum atomic E-state index is -0.390. The van der Waals surface area contributed by atoms with E-state index in [0.717, 1.165) is 0 Å². The molecular formula is C7H14N2O2. The van der Waals surface area contributed by atoms with Gasteiger partial charge < -0.3 is 5.32 Å². The quantitative estimate of drug-likeness (QED) is 0.543. The van der Waals surface area contributed by atoms with E-state index in [0.29, 0.717) is 6.42 Å². The zero-order valence-corrected chi connectivity index (χ0v) is 7.10. The van der Waals surface area contributed by atoms with Gasteiger partial charge >= 0.3 is 6.03 Å². The maximum atomic E-state index is 10.5. The summed E-state index contributed by atoms with van der Waals surface area (Å²) in [5.41, 5.74) is 0. The Hall–Kier alpha value is -1.06. The number of amides is 3. The van der Waals surface area contributed by atoms with Crippen molar-refractivity contribution in [2.24, 2.45) is 0 Å². The predicted octanol–water partition coefficient (Wildman–Crippen LogP) is 0.631. The number of rotatable bonds is 0. The summed E-state index contributed by atoms with van der Waals surface area (Å²) in [6.07, 6.45) is 0.381. The number of hydrogen-bond acceptors (Lipinski definition) is 2. The summed E-state index contributed by atoms with van der Waals surface area (Å²) in [5.74, 6) is -0.203. The number of carbonyl (C=O) groups excluding carboxylic acids is 2. The molecule has 1 rings (SSSR count). The molecule has 0 radical (unpaired) electrons. The van der Waals surface area contributed by atoms with Gasteiger partial charge in [-0.2, -0.15) is 0 Å². The second-order valence-electron chi connectivity index (χ2n) is 2.13. The Morgan fingerprint density at radius 3 is 2.27 bits per heavy atom. The molecule has 1 unspecified atom stereocenters. The van der Waals surface area contributed by atoms with Crippen molar-refractivity contribution in [3.63, 3.8) is 0 Å². The van der Waals surface area contributed by atoms with Crippen LogP contribution in [0.2, 0.25) is 0 Å². The zero-order valence-electron chi connectivity index (χ0n) is 7.10. The monoisotopic (exact) mass is 158 g/mol. The highest BCUT2D eigenvalue weighted by Gasteiger charge is 2.19. The fraction of sp³-hybridized carbons (Fsp3) is 0.714. The Balaban J connectivity index is 0.000000461. The van der Waals surface area contributed by atoms with E-state index >= 15 is 0 Å². The molecule has 3 amide bonds. The summed E-state index contributed by atoms with van der Waals surface area (Å²) in [6.45, 7) is 5.79. The second kappa shape index (κ2) is 4.71. The van der Waals surface area contributed by atoms with E-state index in [9.17, 15) is 9.59 Å². The van der Waals surface area contributed by atoms with E-state index in [1.165, 1.54) is 0 Å². The third-order valence-corrected chi connectivity index (χ3v) is 1.12. The molecule has 1 aliphatic rings. The molecular weight excluding hydrogens is 144 g/mol. The van der Waals surface area contributed by atoms with Crippen LogP contribution in [-0.2, 0) is 4.79 Å². The highest BCUT2D eigenvalue weighted by Crippen LogP contribution is 1.94. The van der Waals surface area contributed by atoms with Crippen LogP contribution in [0.15, 0.2) is 0 Å². The minimum Gasteiger partial charge on any atom is -0.335 e. The van der Waals surface area contributed by atoms with Gasteiger partial charge in [-0.15, -0.1) is 0 Å². The molecule has 4 nitrogen and oxygen atoms in total. The SMILES string of the molecule is CC.CC1CC(=O)NC(=O)N1. The van der Waals surface area contributed by atoms with Crippen molar-refractivity contribution in [3.05, 3.63) is 0 Å². The van der Waals surface area contributed by atoms with Gasteiger partial charge in [0.1, 0.15) is 0 Å². The molecule has 0 aromatic heterocycles. The zero-order chi connectivity index (χ0) is 8.85. The Morgan fingerprint density at radius 1 is 1.36 bits per heavy atom. The van der Waals surface area contributed by atoms with Gasteiger partial charge in [0.25, 0.3) is 0 Å². The second-order valence-corrected chi connectivity index (χ2v) is 2.13. The van der Waals surface area contributed by atoms with Gasteiger partial charge in [0.15, 0.2) is 0 Å². The van der Waals surface area contributed by atoms with Gasteiger partial charge in [0.05, 0.1) is 0 Å². The van der Waals surface area contributed by atoms with Crippen molar-refractivity contribution in [1.82, 2.24) is 10.6 Å². The van der Waals surface area contributed by atoms with Crippen LogP contribution in [0.25, 0.3) is 0 Å². The largest absolute Gasteiger partial charge is 0.335 e. The number of nitrogens with one attached hydrogen (secondary N) is 2. The first-order valence-corrected chi connectivity index (χ1v) is 3.79. The van der Waals surface area contributed by atoms with Crippen molar-refractivity contribution in [3.8, 4) is 0 Å². The Bertz CT molecular complexity index is 141. The molecule has 4 heteroatoms. The lowest BCUT2D eigenvalue weighted by atomic mass is 10.2. The summed E-state index contributed by atoms with van der Waals surface area (Å²) in [5, 5.41) is 4.66. The van der Waals surface area contributed by atoms with Gasteiger partial charge in [-0.1, -0.05) is 13.8 Å². The number of urea groups is 1. The molecule has 2 N–H and O–H groups in total. The van der Waals surface area contributed by atoms with E-state index in [2.05, 4.69) is 10.6 Å². The lowest BCUT2D eigenvalue weighted by Gasteiger charge is -2.18. The molecule has 11 heavy (non-hydrogen) atoms. The molecule has 64 valence electrons. The van der Waals surface area contributed by atoms with Gasteiger partial charge in [-0.3, -0.25) is 10.1 Å². The van der Waals surface area contributed by atoms with E-state index in [1.807, 2.05) is 13.8 Å². The molecule has 1 fully saturated rings. The van der Waals surface area contributed by atoms with Gasteiger partial charge in [0.2, 0.25) is 5.91 Å². The Morgan fingerprint density at radius 2 is 1.91 bits per heavy atom. The van der Waals surface area contributed by atoms with Crippen LogP contribution in [-0.4, -0.2) is 18.0 Å². The average molecular weight is 158 g/mol. The molecule has 0 aliphatic carbocycles. The molecule has 1 aliphatic heterocycles. The van der Waals surface area contributed by atoms with Crippen molar-refractivity contribution >= 4 is 11.9 Å². The first-order valence-electron chi connectivity index (χ1n) is 3.79. The van der Waals surface area contributed by atoms with Crippen LogP contribution in [0.1, 0.15) is 27.2 Å². The summed E-state index contributed by atoms with van der Waals surface area (Å²) in [4.78, 5) is 21.0. The third kappa shape index (κ3) is 3.60. The lowest BCUT2D eigenvalue weighted by molar-refractivity contribution is -0.121. The molecule has 0 aromatic carbocycles. The molecule has 0 saturated carbocycles. The normalized spacial score (nSPS) is 22.6. The van der Waals surface area contributed by atoms with Crippen LogP contribution in [0.5, 0.6) is 0 Å². The van der Waals surface area contributed by atoms with Gasteiger partial charge in [-0.05, 0) is 6.92 Å². The summed E-state index contributed by atoms with van der Waals surface area (Å²) in [6, 6.07) is -0.412.